The van der Waals surface area contributed by atoms with E-state index in [1.54, 1.807) is 11.3 Å². The Morgan fingerprint density at radius 2 is 1.74 bits per heavy atom. The van der Waals surface area contributed by atoms with E-state index >= 15 is 0 Å². The standard InChI is InChI=1S/C29H31N3O2S/c33-28(19-8-2-1-3-9-19)31-25-13-7-5-11-22(25)29(34)32-16-14-23-26(20-15-17-35-18-20)30-24-12-6-4-10-21(24)27(23)32/h1-4,6,8-10,12,15,17-18,22-23,25-27,30H,5,7,11,13-14,16H2,(H,31,33)/t22-,23-,25+,26+,27+/m0/s1. The molecule has 2 aromatic carbocycles. The molecule has 0 radical (unpaired) electrons. The van der Waals surface area contributed by atoms with E-state index in [0.717, 1.165) is 44.3 Å². The smallest absolute Gasteiger partial charge is 0.251 e. The Bertz CT molecular complexity index is 1200. The first kappa shape index (κ1) is 22.4. The topological polar surface area (TPSA) is 61.4 Å². The number of anilines is 1. The molecule has 5 nitrogen and oxygen atoms in total. The molecule has 6 heteroatoms. The van der Waals surface area contributed by atoms with Gasteiger partial charge in [0.15, 0.2) is 0 Å². The second-order valence-electron chi connectivity index (χ2n) is 10.0. The summed E-state index contributed by atoms with van der Waals surface area (Å²) < 4.78 is 0. The number of fused-ring (bicyclic) bond motifs is 3. The van der Waals surface area contributed by atoms with Crippen molar-refractivity contribution < 1.29 is 9.59 Å². The molecule has 0 spiro atoms. The molecule has 2 N–H and O–H groups in total. The molecule has 0 bridgehead atoms. The molecule has 3 aliphatic rings. The maximum absolute atomic E-state index is 14.1. The van der Waals surface area contributed by atoms with Crippen LogP contribution in [0.1, 0.15) is 65.7 Å². The molecule has 2 aliphatic heterocycles. The maximum atomic E-state index is 14.1. The first-order chi connectivity index (χ1) is 17.2. The molecule has 2 fully saturated rings. The van der Waals surface area contributed by atoms with Crippen molar-refractivity contribution in [2.45, 2.75) is 50.2 Å². The molecule has 2 amide bonds. The molecule has 35 heavy (non-hydrogen) atoms. The first-order valence-corrected chi connectivity index (χ1v) is 13.7. The highest BCUT2D eigenvalue weighted by Gasteiger charge is 2.48. The third-order valence-corrected chi connectivity index (χ3v) is 8.79. The van der Waals surface area contributed by atoms with Crippen LogP contribution in [0.4, 0.5) is 5.69 Å². The van der Waals surface area contributed by atoms with E-state index in [-0.39, 0.29) is 35.9 Å². The van der Waals surface area contributed by atoms with E-state index in [1.165, 1.54) is 11.1 Å². The average Bonchev–Trinajstić information content (AvgIpc) is 3.60. The summed E-state index contributed by atoms with van der Waals surface area (Å²) in [5.74, 6) is 0.289. The lowest BCUT2D eigenvalue weighted by atomic mass is 9.79. The van der Waals surface area contributed by atoms with Crippen LogP contribution in [0.5, 0.6) is 0 Å². The number of nitrogens with one attached hydrogen (secondary N) is 2. The zero-order valence-corrected chi connectivity index (χ0v) is 20.5. The summed E-state index contributed by atoms with van der Waals surface area (Å²) in [6, 6.07) is 20.1. The molecule has 1 aromatic heterocycles. The van der Waals surface area contributed by atoms with Gasteiger partial charge in [0.1, 0.15) is 0 Å². The number of amides is 2. The van der Waals surface area contributed by atoms with E-state index in [4.69, 9.17) is 0 Å². The summed E-state index contributed by atoms with van der Waals surface area (Å²) in [5.41, 5.74) is 4.30. The van der Waals surface area contributed by atoms with Crippen LogP contribution in [0.15, 0.2) is 71.4 Å². The van der Waals surface area contributed by atoms with Gasteiger partial charge in [-0.25, -0.2) is 0 Å². The number of para-hydroxylation sites is 1. The fourth-order valence-electron chi connectivity index (χ4n) is 6.41. The summed E-state index contributed by atoms with van der Waals surface area (Å²) in [4.78, 5) is 29.2. The number of thiophene rings is 1. The molecule has 0 unspecified atom stereocenters. The van der Waals surface area contributed by atoms with Crippen LogP contribution in [0, 0.1) is 11.8 Å². The second-order valence-corrected chi connectivity index (χ2v) is 10.8. The van der Waals surface area contributed by atoms with Crippen molar-refractivity contribution in [3.8, 4) is 0 Å². The van der Waals surface area contributed by atoms with Crippen LogP contribution in [-0.4, -0.2) is 29.3 Å². The molecule has 3 aromatic rings. The maximum Gasteiger partial charge on any atom is 0.251 e. The van der Waals surface area contributed by atoms with Crippen molar-refractivity contribution in [3.63, 3.8) is 0 Å². The number of hydrogen-bond acceptors (Lipinski definition) is 4. The lowest BCUT2D eigenvalue weighted by Crippen LogP contribution is -2.50. The van der Waals surface area contributed by atoms with Gasteiger partial charge < -0.3 is 15.5 Å². The number of carbonyl (C=O) groups is 2. The lowest BCUT2D eigenvalue weighted by molar-refractivity contribution is -0.138. The van der Waals surface area contributed by atoms with Crippen LogP contribution in [0.3, 0.4) is 0 Å². The van der Waals surface area contributed by atoms with Crippen LogP contribution in [-0.2, 0) is 4.79 Å². The Labute approximate surface area is 210 Å². The Morgan fingerprint density at radius 3 is 2.57 bits per heavy atom. The number of nitrogens with zero attached hydrogens (tertiary/aromatic N) is 1. The van der Waals surface area contributed by atoms with Crippen LogP contribution in [0.2, 0.25) is 0 Å². The molecule has 1 saturated heterocycles. The van der Waals surface area contributed by atoms with Gasteiger partial charge in [0, 0.05) is 29.8 Å². The van der Waals surface area contributed by atoms with Gasteiger partial charge >= 0.3 is 0 Å². The van der Waals surface area contributed by atoms with Gasteiger partial charge in [-0.15, -0.1) is 0 Å². The van der Waals surface area contributed by atoms with Crippen LogP contribution < -0.4 is 10.6 Å². The van der Waals surface area contributed by atoms with Crippen molar-refractivity contribution in [1.29, 1.82) is 0 Å². The van der Waals surface area contributed by atoms with Gasteiger partial charge in [-0.2, -0.15) is 11.3 Å². The zero-order chi connectivity index (χ0) is 23.8. The van der Waals surface area contributed by atoms with Gasteiger partial charge in [-0.1, -0.05) is 49.2 Å². The quantitative estimate of drug-likeness (QED) is 0.491. The van der Waals surface area contributed by atoms with Crippen LogP contribution in [0.25, 0.3) is 0 Å². The summed E-state index contributed by atoms with van der Waals surface area (Å²) in [7, 11) is 0. The number of carbonyl (C=O) groups excluding carboxylic acids is 2. The van der Waals surface area contributed by atoms with E-state index in [2.05, 4.69) is 56.6 Å². The lowest BCUT2D eigenvalue weighted by Gasteiger charge is -2.41. The zero-order valence-electron chi connectivity index (χ0n) is 19.7. The minimum atomic E-state index is -0.170. The summed E-state index contributed by atoms with van der Waals surface area (Å²) in [5, 5.41) is 11.3. The summed E-state index contributed by atoms with van der Waals surface area (Å²) >= 11 is 1.72. The van der Waals surface area contributed by atoms with Gasteiger partial charge in [-0.3, -0.25) is 9.59 Å². The minimum Gasteiger partial charge on any atom is -0.378 e. The van der Waals surface area contributed by atoms with Gasteiger partial charge in [0.2, 0.25) is 5.91 Å². The molecule has 1 saturated carbocycles. The molecule has 5 atom stereocenters. The number of hydrogen-bond donors (Lipinski definition) is 2. The average molecular weight is 486 g/mol. The van der Waals surface area contributed by atoms with Crippen molar-refractivity contribution in [1.82, 2.24) is 10.2 Å². The molecule has 3 heterocycles. The first-order valence-electron chi connectivity index (χ1n) is 12.7. The van der Waals surface area contributed by atoms with Crippen LogP contribution >= 0.6 is 11.3 Å². The Morgan fingerprint density at radius 1 is 0.943 bits per heavy atom. The third-order valence-electron chi connectivity index (χ3n) is 8.08. The number of benzene rings is 2. The van der Waals surface area contributed by atoms with E-state index in [9.17, 15) is 9.59 Å². The molecule has 1 aliphatic carbocycles. The Balaban J connectivity index is 1.27. The fourth-order valence-corrected chi connectivity index (χ4v) is 7.10. The highest BCUT2D eigenvalue weighted by Crippen LogP contribution is 2.52. The largest absolute Gasteiger partial charge is 0.378 e. The molecule has 6 rings (SSSR count). The minimum absolute atomic E-state index is 0.0669. The van der Waals surface area contributed by atoms with Gasteiger partial charge in [0.25, 0.3) is 5.91 Å². The number of likely N-dealkylation sites (tertiary alicyclic amines) is 1. The van der Waals surface area contributed by atoms with Gasteiger partial charge in [-0.05, 0) is 65.4 Å². The van der Waals surface area contributed by atoms with E-state index in [0.29, 0.717) is 11.5 Å². The summed E-state index contributed by atoms with van der Waals surface area (Å²) in [6.45, 7) is 0.765. The SMILES string of the molecule is O=C(N[C@@H]1CCCC[C@@H]1C(=O)N1CC[C@H]2[C@@H](c3ccsc3)Nc3ccccc3[C@H]21)c1ccccc1. The molecular weight excluding hydrogens is 454 g/mol. The monoisotopic (exact) mass is 485 g/mol. The van der Waals surface area contributed by atoms with Gasteiger partial charge in [0.05, 0.1) is 18.0 Å². The van der Waals surface area contributed by atoms with E-state index in [1.807, 2.05) is 30.3 Å². The van der Waals surface area contributed by atoms with Crippen molar-refractivity contribution in [3.05, 3.63) is 88.1 Å². The van der Waals surface area contributed by atoms with E-state index < -0.39 is 0 Å². The Kier molecular flexibility index (Phi) is 6.06. The second kappa shape index (κ2) is 9.50. The summed E-state index contributed by atoms with van der Waals surface area (Å²) in [6.07, 6.45) is 4.74. The highest BCUT2D eigenvalue weighted by molar-refractivity contribution is 7.08. The predicted molar refractivity (Wildman–Crippen MR) is 139 cm³/mol. The molecular formula is C29H31N3O2S. The van der Waals surface area contributed by atoms with Crippen molar-refractivity contribution in [2.75, 3.05) is 11.9 Å². The third kappa shape index (κ3) is 4.14. The number of rotatable bonds is 4. The van der Waals surface area contributed by atoms with Crippen molar-refractivity contribution in [2.24, 2.45) is 11.8 Å². The molecule has 180 valence electrons. The Hall–Kier alpha value is -3.12. The normalized spacial score (nSPS) is 27.4. The van der Waals surface area contributed by atoms with Crippen molar-refractivity contribution >= 4 is 28.8 Å². The predicted octanol–water partition coefficient (Wildman–Crippen LogP) is 5.79. The highest BCUT2D eigenvalue weighted by atomic mass is 32.1. The fraction of sp³-hybridized carbons (Fsp3) is 0.379.